The first-order valence-electron chi connectivity index (χ1n) is 9.63. The summed E-state index contributed by atoms with van der Waals surface area (Å²) in [6.07, 6.45) is 1.61. The van der Waals surface area contributed by atoms with E-state index in [1.165, 1.54) is 23.6 Å². The van der Waals surface area contributed by atoms with Crippen molar-refractivity contribution in [3.05, 3.63) is 71.3 Å². The predicted molar refractivity (Wildman–Crippen MR) is 126 cm³/mol. The quantitative estimate of drug-likeness (QED) is 0.470. The second-order valence-electron chi connectivity index (χ2n) is 7.06. The normalized spacial score (nSPS) is 17.1. The SMILES string of the molecule is C=CCN1C(=O)C(CC(=O)Nc2cccc(C(C)=O)c2)SC1=Nc1ccc(Cl)cc1C. The summed E-state index contributed by atoms with van der Waals surface area (Å²) in [5.74, 6) is -0.590. The van der Waals surface area contributed by atoms with Crippen molar-refractivity contribution in [1.29, 1.82) is 0 Å². The number of hydrogen-bond acceptors (Lipinski definition) is 5. The van der Waals surface area contributed by atoms with Gasteiger partial charge in [0.15, 0.2) is 11.0 Å². The number of halogens is 1. The van der Waals surface area contributed by atoms with Gasteiger partial charge < -0.3 is 5.32 Å². The number of hydrogen-bond donors (Lipinski definition) is 1. The number of aliphatic imine (C=N–C) groups is 1. The van der Waals surface area contributed by atoms with Gasteiger partial charge in [-0.3, -0.25) is 19.3 Å². The number of benzene rings is 2. The molecule has 0 radical (unpaired) electrons. The number of carbonyl (C=O) groups excluding carboxylic acids is 3. The molecule has 1 aliphatic rings. The fourth-order valence-electron chi connectivity index (χ4n) is 3.07. The fraction of sp³-hybridized carbons (Fsp3) is 0.217. The summed E-state index contributed by atoms with van der Waals surface area (Å²) >= 11 is 7.27. The van der Waals surface area contributed by atoms with E-state index < -0.39 is 5.25 Å². The third-order valence-corrected chi connectivity index (χ3v) is 6.04. The van der Waals surface area contributed by atoms with E-state index in [2.05, 4.69) is 16.9 Å². The zero-order valence-electron chi connectivity index (χ0n) is 17.2. The first-order valence-corrected chi connectivity index (χ1v) is 10.9. The maximum absolute atomic E-state index is 12.9. The van der Waals surface area contributed by atoms with E-state index in [1.807, 2.05) is 6.92 Å². The lowest BCUT2D eigenvalue weighted by atomic mass is 10.1. The molecule has 0 spiro atoms. The lowest BCUT2D eigenvalue weighted by molar-refractivity contribution is -0.127. The number of carbonyl (C=O) groups is 3. The Morgan fingerprint density at radius 2 is 2.06 bits per heavy atom. The van der Waals surface area contributed by atoms with Gasteiger partial charge in [0.2, 0.25) is 11.8 Å². The molecule has 0 saturated carbocycles. The van der Waals surface area contributed by atoms with Crippen LogP contribution in [0.1, 0.15) is 29.3 Å². The van der Waals surface area contributed by atoms with E-state index in [9.17, 15) is 14.4 Å². The molecule has 2 aromatic rings. The van der Waals surface area contributed by atoms with E-state index in [-0.39, 0.29) is 24.0 Å². The largest absolute Gasteiger partial charge is 0.326 e. The average Bonchev–Trinajstić information content (AvgIpc) is 2.99. The molecule has 1 aliphatic heterocycles. The van der Waals surface area contributed by atoms with Crippen molar-refractivity contribution in [2.75, 3.05) is 11.9 Å². The second kappa shape index (κ2) is 9.94. The molecule has 1 atom stereocenters. The number of ketones is 1. The molecule has 0 aliphatic carbocycles. The number of amides is 2. The minimum Gasteiger partial charge on any atom is -0.326 e. The summed E-state index contributed by atoms with van der Waals surface area (Å²) in [5.41, 5.74) is 2.62. The molecular formula is C23H22ClN3O3S. The zero-order chi connectivity index (χ0) is 22.5. The van der Waals surface area contributed by atoms with Crippen LogP contribution in [0.2, 0.25) is 5.02 Å². The number of Topliss-reactive ketones (excluding diaryl/α,β-unsaturated/α-hetero) is 1. The average molecular weight is 456 g/mol. The van der Waals surface area contributed by atoms with Crippen LogP contribution in [0.3, 0.4) is 0 Å². The van der Waals surface area contributed by atoms with Gasteiger partial charge in [-0.25, -0.2) is 4.99 Å². The van der Waals surface area contributed by atoms with Crippen LogP contribution in [0.15, 0.2) is 60.1 Å². The first kappa shape index (κ1) is 22.8. The van der Waals surface area contributed by atoms with Crippen LogP contribution >= 0.6 is 23.4 Å². The number of amidine groups is 1. The highest BCUT2D eigenvalue weighted by Gasteiger charge is 2.38. The standard InChI is InChI=1S/C23H22ClN3O3S/c1-4-10-27-22(30)20(31-23(27)26-19-9-8-17(24)11-14(19)2)13-21(29)25-18-7-5-6-16(12-18)15(3)28/h4-9,11-12,20H,1,10,13H2,2-3H3,(H,25,29). The molecule has 1 heterocycles. The van der Waals surface area contributed by atoms with E-state index in [4.69, 9.17) is 11.6 Å². The lowest BCUT2D eigenvalue weighted by Gasteiger charge is -2.14. The summed E-state index contributed by atoms with van der Waals surface area (Å²) in [7, 11) is 0. The molecule has 0 aromatic heterocycles. The molecule has 2 amide bonds. The van der Waals surface area contributed by atoms with Gasteiger partial charge in [0.25, 0.3) is 0 Å². The number of aryl methyl sites for hydroxylation is 1. The van der Waals surface area contributed by atoms with Gasteiger partial charge in [-0.15, -0.1) is 6.58 Å². The highest BCUT2D eigenvalue weighted by molar-refractivity contribution is 8.15. The molecule has 0 bridgehead atoms. The number of thioether (sulfide) groups is 1. The Balaban J connectivity index is 1.76. The van der Waals surface area contributed by atoms with E-state index >= 15 is 0 Å². The van der Waals surface area contributed by atoms with Gasteiger partial charge in [0, 0.05) is 29.2 Å². The Hall–Kier alpha value is -2.90. The van der Waals surface area contributed by atoms with Crippen molar-refractivity contribution in [3.63, 3.8) is 0 Å². The molecule has 1 unspecified atom stereocenters. The van der Waals surface area contributed by atoms with Crippen LogP contribution in [0, 0.1) is 6.92 Å². The maximum atomic E-state index is 12.9. The van der Waals surface area contributed by atoms with Gasteiger partial charge in [-0.2, -0.15) is 0 Å². The molecule has 3 rings (SSSR count). The second-order valence-corrected chi connectivity index (χ2v) is 8.66. The monoisotopic (exact) mass is 455 g/mol. The Morgan fingerprint density at radius 1 is 1.29 bits per heavy atom. The summed E-state index contributed by atoms with van der Waals surface area (Å²) in [6.45, 7) is 7.37. The van der Waals surface area contributed by atoms with Gasteiger partial charge in [0.05, 0.1) is 5.69 Å². The molecule has 160 valence electrons. The van der Waals surface area contributed by atoms with Crippen LogP contribution in [0.5, 0.6) is 0 Å². The molecule has 31 heavy (non-hydrogen) atoms. The highest BCUT2D eigenvalue weighted by Crippen LogP contribution is 2.33. The third kappa shape index (κ3) is 5.62. The smallest absolute Gasteiger partial charge is 0.242 e. The molecule has 8 heteroatoms. The lowest BCUT2D eigenvalue weighted by Crippen LogP contribution is -2.33. The van der Waals surface area contributed by atoms with Crippen molar-refractivity contribution in [2.24, 2.45) is 4.99 Å². The number of nitrogens with zero attached hydrogens (tertiary/aromatic N) is 2. The first-order chi connectivity index (χ1) is 14.8. The van der Waals surface area contributed by atoms with Crippen LogP contribution in [0.25, 0.3) is 0 Å². The van der Waals surface area contributed by atoms with E-state index in [0.29, 0.717) is 33.7 Å². The zero-order valence-corrected chi connectivity index (χ0v) is 18.8. The molecular weight excluding hydrogens is 434 g/mol. The van der Waals surface area contributed by atoms with Gasteiger partial charge in [0.1, 0.15) is 5.25 Å². The van der Waals surface area contributed by atoms with Crippen molar-refractivity contribution in [1.82, 2.24) is 4.90 Å². The molecule has 1 N–H and O–H groups in total. The molecule has 1 fully saturated rings. The van der Waals surface area contributed by atoms with Crippen molar-refractivity contribution in [3.8, 4) is 0 Å². The Kier molecular flexibility index (Phi) is 7.30. The summed E-state index contributed by atoms with van der Waals surface area (Å²) in [6, 6.07) is 12.0. The number of nitrogens with one attached hydrogen (secondary N) is 1. The number of anilines is 1. The van der Waals surface area contributed by atoms with Crippen LogP contribution in [-0.2, 0) is 9.59 Å². The third-order valence-electron chi connectivity index (χ3n) is 4.63. The van der Waals surface area contributed by atoms with Crippen LogP contribution in [0.4, 0.5) is 11.4 Å². The van der Waals surface area contributed by atoms with Gasteiger partial charge in [-0.05, 0) is 49.7 Å². The molecule has 6 nitrogen and oxygen atoms in total. The highest BCUT2D eigenvalue weighted by atomic mass is 35.5. The Labute approximate surface area is 190 Å². The topological polar surface area (TPSA) is 78.8 Å². The molecule has 1 saturated heterocycles. The Morgan fingerprint density at radius 3 is 2.74 bits per heavy atom. The minimum atomic E-state index is -0.595. The summed E-state index contributed by atoms with van der Waals surface area (Å²) < 4.78 is 0. The van der Waals surface area contributed by atoms with Crippen LogP contribution < -0.4 is 5.32 Å². The summed E-state index contributed by atoms with van der Waals surface area (Å²) in [4.78, 5) is 43.2. The van der Waals surface area contributed by atoms with E-state index in [1.54, 1.807) is 48.5 Å². The summed E-state index contributed by atoms with van der Waals surface area (Å²) in [5, 5.41) is 3.30. The van der Waals surface area contributed by atoms with Crippen LogP contribution in [-0.4, -0.2) is 39.5 Å². The van der Waals surface area contributed by atoms with E-state index in [0.717, 1.165) is 5.56 Å². The fourth-order valence-corrected chi connectivity index (χ4v) is 4.45. The van der Waals surface area contributed by atoms with Crippen molar-refractivity contribution >= 4 is 57.5 Å². The maximum Gasteiger partial charge on any atom is 0.242 e. The van der Waals surface area contributed by atoms with Gasteiger partial charge >= 0.3 is 0 Å². The minimum absolute atomic E-state index is 0.0138. The number of rotatable bonds is 7. The van der Waals surface area contributed by atoms with Gasteiger partial charge in [-0.1, -0.05) is 41.6 Å². The molecule has 2 aromatic carbocycles. The van der Waals surface area contributed by atoms with Crippen molar-refractivity contribution in [2.45, 2.75) is 25.5 Å². The predicted octanol–water partition coefficient (Wildman–Crippen LogP) is 5.00. The Bertz CT molecular complexity index is 1080. The van der Waals surface area contributed by atoms with Crippen molar-refractivity contribution < 1.29 is 14.4 Å².